The second-order valence-electron chi connectivity index (χ2n) is 4.87. The van der Waals surface area contributed by atoms with Crippen molar-refractivity contribution >= 4 is 21.6 Å². The minimum atomic E-state index is -3.59. The number of hydrogen-bond acceptors (Lipinski definition) is 4. The summed E-state index contributed by atoms with van der Waals surface area (Å²) in [5.41, 5.74) is 0.450. The Morgan fingerprint density at radius 2 is 1.91 bits per heavy atom. The second-order valence-corrected chi connectivity index (χ2v) is 6.73. The van der Waals surface area contributed by atoms with Crippen molar-refractivity contribution in [1.82, 2.24) is 5.32 Å². The summed E-state index contributed by atoms with van der Waals surface area (Å²) in [6.07, 6.45) is 2.59. The third-order valence-electron chi connectivity index (χ3n) is 3.12. The number of nitrogens with zero attached hydrogens (tertiary/aromatic N) is 1. The van der Waals surface area contributed by atoms with Crippen molar-refractivity contribution in [2.45, 2.75) is 19.5 Å². The number of rotatable bonds is 6. The van der Waals surface area contributed by atoms with Crippen LogP contribution in [-0.4, -0.2) is 26.6 Å². The maximum Gasteiger partial charge on any atom is 0.243 e. The van der Waals surface area contributed by atoms with Crippen LogP contribution < -0.4 is 9.62 Å². The number of para-hydroxylation sites is 1. The highest BCUT2D eigenvalue weighted by Gasteiger charge is 2.28. The van der Waals surface area contributed by atoms with Crippen LogP contribution in [0.1, 0.15) is 12.7 Å². The number of furan rings is 1. The Kier molecular flexibility index (Phi) is 4.87. The first-order chi connectivity index (χ1) is 10.4. The van der Waals surface area contributed by atoms with E-state index in [0.29, 0.717) is 11.4 Å². The second kappa shape index (κ2) is 6.65. The van der Waals surface area contributed by atoms with E-state index in [4.69, 9.17) is 4.42 Å². The first kappa shape index (κ1) is 16.1. The highest BCUT2D eigenvalue weighted by molar-refractivity contribution is 7.92. The van der Waals surface area contributed by atoms with Gasteiger partial charge in [-0.25, -0.2) is 8.42 Å². The van der Waals surface area contributed by atoms with Gasteiger partial charge in [0, 0.05) is 0 Å². The van der Waals surface area contributed by atoms with Gasteiger partial charge in [-0.05, 0) is 31.2 Å². The highest BCUT2D eigenvalue weighted by Crippen LogP contribution is 2.20. The van der Waals surface area contributed by atoms with Gasteiger partial charge in [-0.15, -0.1) is 0 Å². The van der Waals surface area contributed by atoms with E-state index in [-0.39, 0.29) is 6.54 Å². The third-order valence-corrected chi connectivity index (χ3v) is 4.36. The van der Waals surface area contributed by atoms with Gasteiger partial charge in [0.15, 0.2) is 0 Å². The zero-order chi connectivity index (χ0) is 16.2. The molecular formula is C15H18N2O4S. The quantitative estimate of drug-likeness (QED) is 0.879. The lowest BCUT2D eigenvalue weighted by molar-refractivity contribution is -0.122. The maximum atomic E-state index is 12.2. The first-order valence-electron chi connectivity index (χ1n) is 6.74. The van der Waals surface area contributed by atoms with Crippen LogP contribution in [0, 0.1) is 0 Å². The monoisotopic (exact) mass is 322 g/mol. The van der Waals surface area contributed by atoms with Gasteiger partial charge in [0.25, 0.3) is 0 Å². The standard InChI is InChI=1S/C15H18N2O4S/c1-12(15(18)16-11-14-9-6-10-21-14)17(22(2,19)20)13-7-4-3-5-8-13/h3-10,12H,11H2,1-2H3,(H,16,18)/t12-/m1/s1. The predicted molar refractivity (Wildman–Crippen MR) is 83.8 cm³/mol. The molecule has 1 aromatic heterocycles. The SMILES string of the molecule is C[C@H](C(=O)NCc1ccco1)N(c1ccccc1)S(C)(=O)=O. The molecule has 1 atom stereocenters. The number of benzene rings is 1. The molecule has 0 radical (unpaired) electrons. The average molecular weight is 322 g/mol. The predicted octanol–water partition coefficient (Wildman–Crippen LogP) is 1.75. The van der Waals surface area contributed by atoms with Crippen molar-refractivity contribution in [2.75, 3.05) is 10.6 Å². The fourth-order valence-corrected chi connectivity index (χ4v) is 3.29. The molecule has 0 aliphatic heterocycles. The molecule has 0 unspecified atom stereocenters. The number of sulfonamides is 1. The summed E-state index contributed by atoms with van der Waals surface area (Å²) in [5.74, 6) is 0.205. The smallest absolute Gasteiger partial charge is 0.243 e. The zero-order valence-electron chi connectivity index (χ0n) is 12.4. The fraction of sp³-hybridized carbons (Fsp3) is 0.267. The minimum absolute atomic E-state index is 0.211. The van der Waals surface area contributed by atoms with Crippen molar-refractivity contribution in [3.63, 3.8) is 0 Å². The lowest BCUT2D eigenvalue weighted by Gasteiger charge is -2.28. The van der Waals surface area contributed by atoms with Gasteiger partial charge >= 0.3 is 0 Å². The third kappa shape index (κ3) is 3.88. The summed E-state index contributed by atoms with van der Waals surface area (Å²) >= 11 is 0. The average Bonchev–Trinajstić information content (AvgIpc) is 2.97. The van der Waals surface area contributed by atoms with E-state index < -0.39 is 22.0 Å². The van der Waals surface area contributed by atoms with E-state index in [9.17, 15) is 13.2 Å². The molecule has 2 rings (SSSR count). The molecule has 0 spiro atoms. The Labute approximate surface area is 129 Å². The van der Waals surface area contributed by atoms with Crippen LogP contribution >= 0.6 is 0 Å². The summed E-state index contributed by atoms with van der Waals surface area (Å²) in [4.78, 5) is 12.2. The van der Waals surface area contributed by atoms with Crippen LogP contribution in [0.5, 0.6) is 0 Å². The molecule has 1 heterocycles. The van der Waals surface area contributed by atoms with Gasteiger partial charge in [0.1, 0.15) is 11.8 Å². The largest absolute Gasteiger partial charge is 0.467 e. The van der Waals surface area contributed by atoms with E-state index in [1.165, 1.54) is 6.26 Å². The molecular weight excluding hydrogens is 304 g/mol. The number of anilines is 1. The summed E-state index contributed by atoms with van der Waals surface area (Å²) < 4.78 is 30.3. The molecule has 22 heavy (non-hydrogen) atoms. The molecule has 0 bridgehead atoms. The molecule has 0 fully saturated rings. The molecule has 1 amide bonds. The molecule has 2 aromatic rings. The van der Waals surface area contributed by atoms with Crippen molar-refractivity contribution in [3.8, 4) is 0 Å². The molecule has 118 valence electrons. The Balaban J connectivity index is 2.15. The lowest BCUT2D eigenvalue weighted by atomic mass is 10.2. The number of carbonyl (C=O) groups is 1. The molecule has 6 nitrogen and oxygen atoms in total. The van der Waals surface area contributed by atoms with Gasteiger partial charge in [0.2, 0.25) is 15.9 Å². The molecule has 1 N–H and O–H groups in total. The molecule has 0 saturated carbocycles. The van der Waals surface area contributed by atoms with Crippen LogP contribution in [-0.2, 0) is 21.4 Å². The van der Waals surface area contributed by atoms with Gasteiger partial charge in [-0.1, -0.05) is 18.2 Å². The Morgan fingerprint density at radius 1 is 1.23 bits per heavy atom. The number of carbonyl (C=O) groups excluding carboxylic acids is 1. The molecule has 0 aliphatic carbocycles. The fourth-order valence-electron chi connectivity index (χ4n) is 2.12. The van der Waals surface area contributed by atoms with E-state index in [0.717, 1.165) is 10.6 Å². The van der Waals surface area contributed by atoms with Crippen molar-refractivity contribution < 1.29 is 17.6 Å². The Hall–Kier alpha value is -2.28. The van der Waals surface area contributed by atoms with Crippen molar-refractivity contribution in [3.05, 3.63) is 54.5 Å². The summed E-state index contributed by atoms with van der Waals surface area (Å²) in [6, 6.07) is 11.1. The normalized spacial score (nSPS) is 12.6. The molecule has 1 aromatic carbocycles. The minimum Gasteiger partial charge on any atom is -0.467 e. The number of amides is 1. The van der Waals surface area contributed by atoms with Gasteiger partial charge in [-0.2, -0.15) is 0 Å². The molecule has 0 aliphatic rings. The van der Waals surface area contributed by atoms with Crippen LogP contribution in [0.4, 0.5) is 5.69 Å². The summed E-state index contributed by atoms with van der Waals surface area (Å²) in [5, 5.41) is 2.67. The Morgan fingerprint density at radius 3 is 2.45 bits per heavy atom. The van der Waals surface area contributed by atoms with Crippen LogP contribution in [0.2, 0.25) is 0 Å². The van der Waals surface area contributed by atoms with E-state index in [2.05, 4.69) is 5.32 Å². The zero-order valence-corrected chi connectivity index (χ0v) is 13.2. The van der Waals surface area contributed by atoms with Crippen molar-refractivity contribution in [2.24, 2.45) is 0 Å². The van der Waals surface area contributed by atoms with E-state index >= 15 is 0 Å². The van der Waals surface area contributed by atoms with Gasteiger partial charge in [0.05, 0.1) is 24.8 Å². The van der Waals surface area contributed by atoms with E-state index in [1.54, 1.807) is 49.4 Å². The highest BCUT2D eigenvalue weighted by atomic mass is 32.2. The molecule has 0 saturated heterocycles. The molecule has 7 heteroatoms. The van der Waals surface area contributed by atoms with Crippen LogP contribution in [0.15, 0.2) is 53.1 Å². The first-order valence-corrected chi connectivity index (χ1v) is 8.59. The van der Waals surface area contributed by atoms with Gasteiger partial charge in [-0.3, -0.25) is 9.10 Å². The number of nitrogens with one attached hydrogen (secondary N) is 1. The Bertz CT molecular complexity index is 711. The number of hydrogen-bond donors (Lipinski definition) is 1. The summed E-state index contributed by atoms with van der Waals surface area (Å²) in [7, 11) is -3.59. The maximum absolute atomic E-state index is 12.2. The van der Waals surface area contributed by atoms with Crippen LogP contribution in [0.25, 0.3) is 0 Å². The van der Waals surface area contributed by atoms with Crippen molar-refractivity contribution in [1.29, 1.82) is 0 Å². The topological polar surface area (TPSA) is 79.6 Å². The van der Waals surface area contributed by atoms with Crippen LogP contribution in [0.3, 0.4) is 0 Å². The lowest BCUT2D eigenvalue weighted by Crippen LogP contribution is -2.47. The van der Waals surface area contributed by atoms with E-state index in [1.807, 2.05) is 0 Å². The van der Waals surface area contributed by atoms with Gasteiger partial charge < -0.3 is 9.73 Å². The summed E-state index contributed by atoms with van der Waals surface area (Å²) in [6.45, 7) is 1.76.